The first-order chi connectivity index (χ1) is 59.1. The average molecular weight is 1760 g/mol. The van der Waals surface area contributed by atoms with Crippen LogP contribution in [0.1, 0.15) is 220 Å². The molecular formula is C102H117F15O8. The molecule has 4 saturated carbocycles. The van der Waals surface area contributed by atoms with Gasteiger partial charge in [0.2, 0.25) is 5.82 Å². The van der Waals surface area contributed by atoms with Crippen molar-refractivity contribution in [1.29, 1.82) is 0 Å². The van der Waals surface area contributed by atoms with Gasteiger partial charge in [-0.3, -0.25) is 0 Å². The highest BCUT2D eigenvalue weighted by Gasteiger charge is 2.56. The fraction of sp³-hybridized carbons (Fsp3) is 0.529. The molecule has 4 aliphatic carbocycles. The second-order valence-electron chi connectivity index (χ2n) is 37.3. The van der Waals surface area contributed by atoms with Crippen LogP contribution in [0.5, 0.6) is 46.0 Å². The normalized spacial score (nSPS) is 27.5. The van der Waals surface area contributed by atoms with E-state index in [-0.39, 0.29) is 71.7 Å². The van der Waals surface area contributed by atoms with Gasteiger partial charge in [0.25, 0.3) is 0 Å². The van der Waals surface area contributed by atoms with E-state index in [1.165, 1.54) is 27.2 Å². The van der Waals surface area contributed by atoms with Gasteiger partial charge in [-0.05, 0) is 270 Å². The maximum Gasteiger partial charge on any atom is 0.405 e. The van der Waals surface area contributed by atoms with E-state index in [2.05, 4.69) is 27.7 Å². The highest BCUT2D eigenvalue weighted by molar-refractivity contribution is 5.48. The zero-order chi connectivity index (χ0) is 90.0. The molecular weight excluding hydrogens is 1640 g/mol. The first-order valence-corrected chi connectivity index (χ1v) is 44.4. The van der Waals surface area contributed by atoms with Crippen LogP contribution in [0.3, 0.4) is 0 Å². The number of fused-ring (bicyclic) bond motifs is 6. The summed E-state index contributed by atoms with van der Waals surface area (Å²) in [5, 5.41) is 0. The molecule has 4 fully saturated rings. The Labute approximate surface area is 725 Å². The van der Waals surface area contributed by atoms with E-state index in [9.17, 15) is 65.9 Å². The van der Waals surface area contributed by atoms with Crippen LogP contribution in [0, 0.1) is 130 Å². The van der Waals surface area contributed by atoms with Gasteiger partial charge in [0.1, 0.15) is 23.0 Å². The van der Waals surface area contributed by atoms with E-state index < -0.39 is 89.6 Å². The lowest BCUT2D eigenvalue weighted by molar-refractivity contribution is -0.240. The summed E-state index contributed by atoms with van der Waals surface area (Å²) < 4.78 is 253. The van der Waals surface area contributed by atoms with Gasteiger partial charge >= 0.3 is 36.7 Å². The smallest absolute Gasteiger partial charge is 0.405 e. The highest BCUT2D eigenvalue weighted by Crippen LogP contribution is 2.55. The van der Waals surface area contributed by atoms with E-state index in [0.29, 0.717) is 99.1 Å². The van der Waals surface area contributed by atoms with Gasteiger partial charge in [-0.25, -0.2) is 8.78 Å². The van der Waals surface area contributed by atoms with Crippen molar-refractivity contribution in [2.75, 3.05) is 14.2 Å². The number of alkyl halides is 12. The molecule has 6 heterocycles. The summed E-state index contributed by atoms with van der Waals surface area (Å²) in [4.78, 5) is 0. The Morgan fingerprint density at radius 1 is 0.272 bits per heavy atom. The summed E-state index contributed by atoms with van der Waals surface area (Å²) in [6.07, 6.45) is -2.77. The second kappa shape index (κ2) is 38.6. The lowest BCUT2D eigenvalue weighted by Gasteiger charge is -2.40. The first kappa shape index (κ1) is 93.7. The Bertz CT molecular complexity index is 4980. The Hall–Kier alpha value is -8.89. The van der Waals surface area contributed by atoms with Crippen molar-refractivity contribution in [3.05, 3.63) is 235 Å². The van der Waals surface area contributed by atoms with Crippen molar-refractivity contribution in [3.8, 4) is 46.0 Å². The topological polar surface area (TPSA) is 73.8 Å². The molecule has 0 bridgehead atoms. The standard InChI is InChI=1S/C17H21F3O2.C17H21F3O.C17H15F3O.C17H22F2O2.C17H22F2O.C17H16F2O/c1-10-3-5-11(6-4-10)13-9-12-7-8-14(21-2)15(18)16(12)22-17(13,19)20;2*1-10-3-6-12(7-4-10)14-9-13-8-5-11(2)15(18)16(13)21-17(14,19)20;1-11-3-5-12(6-4-11)15-9-13-7-8-14(20-2)10-16(13)21-17(15,18)19;2*1-11-3-6-13(7-4-11)15-10-14-8-5-12(2)9-16(14)20-17(15,18)19/h7-8,10-11,13H,3-6,9H2,1-2H3;5,8,10,12,14H,3-4,6-7,9H2,1-2H3;3-8,14H,9H2,1-2H3;7-8,10-12,15H,3-6,9H2,1-2H3;5,8-9,11,13,15H,3-4,6-7,10H2,1-2H3;3-9,15H,10H2,1-2H3. The molecule has 678 valence electrons. The number of halogens is 15. The summed E-state index contributed by atoms with van der Waals surface area (Å²) in [5.74, 6) is -4.18. The van der Waals surface area contributed by atoms with Gasteiger partial charge in [0, 0.05) is 6.07 Å². The Balaban J connectivity index is 0.000000129. The molecule has 0 spiro atoms. The minimum atomic E-state index is -3.42. The molecule has 18 rings (SSSR count). The van der Waals surface area contributed by atoms with Gasteiger partial charge in [-0.1, -0.05) is 199 Å². The van der Waals surface area contributed by atoms with E-state index in [4.69, 9.17) is 37.9 Å². The van der Waals surface area contributed by atoms with Crippen molar-refractivity contribution in [2.45, 2.75) is 259 Å². The van der Waals surface area contributed by atoms with Crippen molar-refractivity contribution >= 4 is 0 Å². The minimum Gasteiger partial charge on any atom is -0.497 e. The SMILES string of the molecule is COc1ccc2c(c1)OC(F)(F)C(C1CCC(C)CC1)C2.COc1ccc2c(c1F)OC(F)(F)C(C1CCC(C)CC1)C2.Cc1ccc(C2Cc3ccc(C)c(F)c3OC2(F)F)cc1.Cc1ccc(C2Cc3ccc(C)cc3OC2(F)F)cc1.Cc1ccc2c(c1)OC(F)(F)C(C1CCC(C)CC1)C2.Cc1ccc2c(c1F)OC(F)(F)C(C1CCC(C)CC1)C2. The number of hydrogen-bond donors (Lipinski definition) is 0. The predicted octanol–water partition coefficient (Wildman–Crippen LogP) is 28.9. The predicted molar refractivity (Wildman–Crippen MR) is 453 cm³/mol. The molecule has 8 nitrogen and oxygen atoms in total. The molecule has 0 aromatic heterocycles. The van der Waals surface area contributed by atoms with Crippen LogP contribution in [0.15, 0.2) is 140 Å². The van der Waals surface area contributed by atoms with Gasteiger partial charge < -0.3 is 37.9 Å². The number of rotatable bonds is 8. The van der Waals surface area contributed by atoms with E-state index in [0.717, 1.165) is 142 Å². The third-order valence-corrected chi connectivity index (χ3v) is 27.9. The van der Waals surface area contributed by atoms with Crippen molar-refractivity contribution in [1.82, 2.24) is 0 Å². The van der Waals surface area contributed by atoms with E-state index >= 15 is 0 Å². The van der Waals surface area contributed by atoms with Crippen molar-refractivity contribution in [3.63, 3.8) is 0 Å². The Morgan fingerprint density at radius 2 is 0.544 bits per heavy atom. The first-order valence-electron chi connectivity index (χ1n) is 44.4. The number of hydrogen-bond acceptors (Lipinski definition) is 8. The third-order valence-electron chi connectivity index (χ3n) is 27.9. The van der Waals surface area contributed by atoms with Crippen LogP contribution in [-0.2, 0) is 38.5 Å². The van der Waals surface area contributed by atoms with Crippen LogP contribution in [0.2, 0.25) is 0 Å². The molecule has 0 N–H and O–H groups in total. The van der Waals surface area contributed by atoms with Gasteiger partial charge in [-0.15, -0.1) is 0 Å². The average Bonchev–Trinajstić information content (AvgIpc) is 0.775. The van der Waals surface area contributed by atoms with E-state index in [1.807, 2.05) is 76.2 Å². The Kier molecular flexibility index (Phi) is 28.9. The Morgan fingerprint density at radius 3 is 0.912 bits per heavy atom. The highest BCUT2D eigenvalue weighted by atomic mass is 19.3. The maximum atomic E-state index is 14.4. The van der Waals surface area contributed by atoms with Crippen LogP contribution in [0.4, 0.5) is 65.9 Å². The van der Waals surface area contributed by atoms with Crippen LogP contribution in [-0.4, -0.2) is 50.9 Å². The molecule has 10 aliphatic rings. The summed E-state index contributed by atoms with van der Waals surface area (Å²) in [7, 11) is 2.83. The number of aryl methyl sites for hydroxylation is 6. The quantitative estimate of drug-likeness (QED) is 0.139. The fourth-order valence-corrected chi connectivity index (χ4v) is 19.8. The van der Waals surface area contributed by atoms with Crippen LogP contribution < -0.4 is 37.9 Å². The number of ether oxygens (including phenoxy) is 8. The zero-order valence-electron chi connectivity index (χ0n) is 73.4. The molecule has 0 amide bonds. The van der Waals surface area contributed by atoms with Crippen molar-refractivity contribution < 1.29 is 104 Å². The molecule has 125 heavy (non-hydrogen) atoms. The third kappa shape index (κ3) is 21.9. The largest absolute Gasteiger partial charge is 0.497 e. The molecule has 0 radical (unpaired) electrons. The number of methoxy groups -OCH3 is 2. The van der Waals surface area contributed by atoms with Gasteiger partial charge in [0.05, 0.1) is 49.7 Å². The lowest BCUT2D eigenvalue weighted by Crippen LogP contribution is -2.44. The lowest BCUT2D eigenvalue weighted by atomic mass is 9.73. The second-order valence-corrected chi connectivity index (χ2v) is 37.3. The molecule has 6 atom stereocenters. The molecule has 6 unspecified atom stereocenters. The maximum absolute atomic E-state index is 14.4. The van der Waals surface area contributed by atoms with Gasteiger partial charge in [0.15, 0.2) is 34.6 Å². The zero-order valence-corrected chi connectivity index (χ0v) is 73.4. The fourth-order valence-electron chi connectivity index (χ4n) is 19.8. The molecule has 6 aliphatic heterocycles. The summed E-state index contributed by atoms with van der Waals surface area (Å²) in [5.41, 5.74) is 9.91. The number of benzene rings is 8. The molecule has 8 aromatic carbocycles. The summed E-state index contributed by atoms with van der Waals surface area (Å²) in [6, 6.07) is 40.2. The van der Waals surface area contributed by atoms with E-state index in [1.54, 1.807) is 91.9 Å². The summed E-state index contributed by atoms with van der Waals surface area (Å²) >= 11 is 0. The minimum absolute atomic E-state index is 0.0336. The molecule has 8 aromatic rings. The van der Waals surface area contributed by atoms with Crippen molar-refractivity contribution in [2.24, 2.45) is 71.0 Å². The van der Waals surface area contributed by atoms with Crippen LogP contribution >= 0.6 is 0 Å². The molecule has 0 saturated heterocycles. The monoisotopic (exact) mass is 1750 g/mol. The van der Waals surface area contributed by atoms with Crippen LogP contribution in [0.25, 0.3) is 0 Å². The molecule has 23 heteroatoms. The van der Waals surface area contributed by atoms with Gasteiger partial charge in [-0.2, -0.15) is 57.1 Å². The summed E-state index contributed by atoms with van der Waals surface area (Å²) in [6.45, 7) is 19.4.